The first-order chi connectivity index (χ1) is 11.8. The maximum absolute atomic E-state index is 12.8. The number of sulfonamides is 1. The number of hydrogen-bond acceptors (Lipinski definition) is 6. The van der Waals surface area contributed by atoms with Gasteiger partial charge in [0.2, 0.25) is 10.0 Å². The molecular weight excluding hydrogens is 387 g/mol. The Bertz CT molecular complexity index is 861. The second-order valence-electron chi connectivity index (χ2n) is 6.03. The van der Waals surface area contributed by atoms with Crippen LogP contribution in [0.15, 0.2) is 27.6 Å². The van der Waals surface area contributed by atoms with Crippen LogP contribution in [0.3, 0.4) is 0 Å². The van der Waals surface area contributed by atoms with Gasteiger partial charge < -0.3 is 9.42 Å². The molecule has 0 aliphatic carbocycles. The van der Waals surface area contributed by atoms with Crippen molar-refractivity contribution >= 4 is 39.2 Å². The second-order valence-corrected chi connectivity index (χ2v) is 8.72. The van der Waals surface area contributed by atoms with Gasteiger partial charge in [-0.25, -0.2) is 8.42 Å². The first-order valence-electron chi connectivity index (χ1n) is 7.83. The number of piperazine rings is 1. The van der Waals surface area contributed by atoms with Gasteiger partial charge >= 0.3 is 6.01 Å². The highest BCUT2D eigenvalue weighted by Gasteiger charge is 2.32. The summed E-state index contributed by atoms with van der Waals surface area (Å²) in [5.74, 6) is 0.805. The van der Waals surface area contributed by atoms with Crippen LogP contribution >= 0.6 is 23.2 Å². The largest absolute Gasteiger partial charge is 0.324 e. The number of aromatic nitrogens is 2. The van der Waals surface area contributed by atoms with E-state index in [1.165, 1.54) is 10.4 Å². The Morgan fingerprint density at radius 1 is 1.16 bits per heavy atom. The standard InChI is InChI=1S/C15H18Cl2N4O3S/c1-10(2)14-18-15(24-19-14)20-6-8-21(9-7-20)25(22,23)12-5-3-4-11(16)13(12)17/h3-5,10H,6-9H2,1-2H3. The molecule has 10 heteroatoms. The number of halogens is 2. The van der Waals surface area contributed by atoms with Crippen molar-refractivity contribution in [3.05, 3.63) is 34.1 Å². The molecular formula is C15H18Cl2N4O3S. The average Bonchev–Trinajstić information content (AvgIpc) is 3.07. The summed E-state index contributed by atoms with van der Waals surface area (Å²) < 4.78 is 32.3. The fourth-order valence-corrected chi connectivity index (χ4v) is 4.69. The smallest absolute Gasteiger partial charge is 0.322 e. The van der Waals surface area contributed by atoms with Crippen LogP contribution in [-0.4, -0.2) is 49.0 Å². The molecule has 1 fully saturated rings. The molecule has 136 valence electrons. The molecule has 0 unspecified atom stereocenters. The van der Waals surface area contributed by atoms with Gasteiger partial charge in [0.15, 0.2) is 5.82 Å². The van der Waals surface area contributed by atoms with Crippen LogP contribution in [0.25, 0.3) is 0 Å². The molecule has 7 nitrogen and oxygen atoms in total. The van der Waals surface area contributed by atoms with Gasteiger partial charge in [0.25, 0.3) is 0 Å². The molecule has 0 N–H and O–H groups in total. The molecule has 0 spiro atoms. The van der Waals surface area contributed by atoms with Crippen LogP contribution < -0.4 is 4.90 Å². The Morgan fingerprint density at radius 3 is 2.44 bits per heavy atom. The molecule has 0 radical (unpaired) electrons. The maximum atomic E-state index is 12.8. The van der Waals surface area contributed by atoms with Crippen LogP contribution in [0, 0.1) is 0 Å². The van der Waals surface area contributed by atoms with Gasteiger partial charge in [-0.05, 0) is 12.1 Å². The van der Waals surface area contributed by atoms with Crippen molar-refractivity contribution in [2.75, 3.05) is 31.1 Å². The van der Waals surface area contributed by atoms with E-state index in [-0.39, 0.29) is 20.9 Å². The van der Waals surface area contributed by atoms with E-state index in [4.69, 9.17) is 27.7 Å². The summed E-state index contributed by atoms with van der Waals surface area (Å²) in [4.78, 5) is 6.25. The number of nitrogens with zero attached hydrogens (tertiary/aromatic N) is 4. The summed E-state index contributed by atoms with van der Waals surface area (Å²) in [5.41, 5.74) is 0. The van der Waals surface area contributed by atoms with Crippen molar-refractivity contribution in [3.63, 3.8) is 0 Å². The van der Waals surface area contributed by atoms with E-state index >= 15 is 0 Å². The molecule has 0 atom stereocenters. The van der Waals surface area contributed by atoms with E-state index in [9.17, 15) is 8.42 Å². The van der Waals surface area contributed by atoms with E-state index in [0.717, 1.165) is 0 Å². The zero-order chi connectivity index (χ0) is 18.2. The zero-order valence-corrected chi connectivity index (χ0v) is 16.1. The summed E-state index contributed by atoms with van der Waals surface area (Å²) in [7, 11) is -3.71. The van der Waals surface area contributed by atoms with Crippen LogP contribution in [0.2, 0.25) is 10.0 Å². The molecule has 1 aromatic heterocycles. The van der Waals surface area contributed by atoms with E-state index in [1.807, 2.05) is 18.7 Å². The molecule has 1 saturated heterocycles. The van der Waals surface area contributed by atoms with Crippen LogP contribution in [0.1, 0.15) is 25.6 Å². The SMILES string of the molecule is CC(C)c1noc(N2CCN(S(=O)(=O)c3cccc(Cl)c3Cl)CC2)n1. The summed E-state index contributed by atoms with van der Waals surface area (Å²) >= 11 is 12.0. The lowest BCUT2D eigenvalue weighted by Crippen LogP contribution is -2.48. The molecule has 3 rings (SSSR count). The first-order valence-corrected chi connectivity index (χ1v) is 10.0. The number of rotatable bonds is 4. The monoisotopic (exact) mass is 404 g/mol. The van der Waals surface area contributed by atoms with E-state index in [0.29, 0.717) is 38.0 Å². The summed E-state index contributed by atoms with van der Waals surface area (Å²) in [6, 6.07) is 5.01. The van der Waals surface area contributed by atoms with E-state index in [2.05, 4.69) is 10.1 Å². The molecule has 0 amide bonds. The molecule has 1 aromatic carbocycles. The van der Waals surface area contributed by atoms with E-state index < -0.39 is 10.0 Å². The fraction of sp³-hybridized carbons (Fsp3) is 0.467. The first kappa shape index (κ1) is 18.4. The molecule has 0 bridgehead atoms. The van der Waals surface area contributed by atoms with Gasteiger partial charge in [-0.1, -0.05) is 48.3 Å². The maximum Gasteiger partial charge on any atom is 0.324 e. The second kappa shape index (κ2) is 7.11. The van der Waals surface area contributed by atoms with Gasteiger partial charge in [-0.15, -0.1) is 0 Å². The number of benzene rings is 1. The van der Waals surface area contributed by atoms with Gasteiger partial charge in [0.05, 0.1) is 10.0 Å². The quantitative estimate of drug-likeness (QED) is 0.778. The summed E-state index contributed by atoms with van der Waals surface area (Å²) in [5, 5.41) is 4.20. The number of anilines is 1. The summed E-state index contributed by atoms with van der Waals surface area (Å²) in [6.45, 7) is 5.46. The Balaban J connectivity index is 1.74. The van der Waals surface area contributed by atoms with Gasteiger partial charge in [0.1, 0.15) is 4.90 Å². The lowest BCUT2D eigenvalue weighted by molar-refractivity contribution is 0.353. The van der Waals surface area contributed by atoms with Crippen molar-refractivity contribution in [2.45, 2.75) is 24.7 Å². The van der Waals surface area contributed by atoms with Crippen molar-refractivity contribution < 1.29 is 12.9 Å². The minimum Gasteiger partial charge on any atom is -0.322 e. The van der Waals surface area contributed by atoms with Gasteiger partial charge in [-0.2, -0.15) is 9.29 Å². The van der Waals surface area contributed by atoms with Crippen molar-refractivity contribution in [2.24, 2.45) is 0 Å². The Kier molecular flexibility index (Phi) is 5.24. The minimum atomic E-state index is -3.71. The summed E-state index contributed by atoms with van der Waals surface area (Å²) in [6.07, 6.45) is 0. The van der Waals surface area contributed by atoms with Crippen molar-refractivity contribution in [3.8, 4) is 0 Å². The average molecular weight is 405 g/mol. The lowest BCUT2D eigenvalue weighted by Gasteiger charge is -2.32. The van der Waals surface area contributed by atoms with E-state index in [1.54, 1.807) is 12.1 Å². The van der Waals surface area contributed by atoms with Crippen LogP contribution in [0.5, 0.6) is 0 Å². The fourth-order valence-electron chi connectivity index (χ4n) is 2.53. The minimum absolute atomic E-state index is 0.0231. The highest BCUT2D eigenvalue weighted by Crippen LogP contribution is 2.31. The lowest BCUT2D eigenvalue weighted by atomic mass is 10.2. The normalized spacial score (nSPS) is 16.6. The Morgan fingerprint density at radius 2 is 1.84 bits per heavy atom. The third-order valence-electron chi connectivity index (χ3n) is 3.99. The Hall–Kier alpha value is -1.35. The third-order valence-corrected chi connectivity index (χ3v) is 6.86. The van der Waals surface area contributed by atoms with Gasteiger partial charge in [0, 0.05) is 32.1 Å². The highest BCUT2D eigenvalue weighted by atomic mass is 35.5. The molecule has 2 aromatic rings. The molecule has 0 saturated carbocycles. The third kappa shape index (κ3) is 3.62. The molecule has 2 heterocycles. The van der Waals surface area contributed by atoms with Gasteiger partial charge in [-0.3, -0.25) is 0 Å². The Labute approximate surface area is 156 Å². The molecule has 1 aliphatic heterocycles. The van der Waals surface area contributed by atoms with Crippen LogP contribution in [0.4, 0.5) is 6.01 Å². The topological polar surface area (TPSA) is 79.5 Å². The number of hydrogen-bond donors (Lipinski definition) is 0. The zero-order valence-electron chi connectivity index (χ0n) is 13.8. The van der Waals surface area contributed by atoms with Crippen LogP contribution in [-0.2, 0) is 10.0 Å². The highest BCUT2D eigenvalue weighted by molar-refractivity contribution is 7.89. The van der Waals surface area contributed by atoms with Crippen molar-refractivity contribution in [1.29, 1.82) is 0 Å². The molecule has 1 aliphatic rings. The predicted molar refractivity (Wildman–Crippen MR) is 95.8 cm³/mol. The molecule has 25 heavy (non-hydrogen) atoms. The van der Waals surface area contributed by atoms with Crippen molar-refractivity contribution in [1.82, 2.24) is 14.4 Å². The predicted octanol–water partition coefficient (Wildman–Crippen LogP) is 3.01.